The van der Waals surface area contributed by atoms with Crippen LogP contribution in [0.3, 0.4) is 0 Å². The molecule has 0 N–H and O–H groups in total. The molecule has 0 bridgehead atoms. The lowest BCUT2D eigenvalue weighted by molar-refractivity contribution is -0.122. The minimum absolute atomic E-state index is 0.222. The second-order valence-corrected chi connectivity index (χ2v) is 6.82. The quantitative estimate of drug-likeness (QED) is 0.704. The number of ketones is 1. The number of carbonyl (C=O) groups excluding carboxylic acids is 1. The smallest absolute Gasteiger partial charge is 0.143 e. The monoisotopic (exact) mass is 322 g/mol. The van der Waals surface area contributed by atoms with Gasteiger partial charge in [0.1, 0.15) is 11.6 Å². The largest absolute Gasteiger partial charge is 0.299 e. The van der Waals surface area contributed by atoms with Crippen LogP contribution in [0.1, 0.15) is 43.7 Å². The highest BCUT2D eigenvalue weighted by Crippen LogP contribution is 2.43. The van der Waals surface area contributed by atoms with E-state index < -0.39 is 0 Å². The number of rotatable bonds is 5. The van der Waals surface area contributed by atoms with Crippen molar-refractivity contribution in [2.24, 2.45) is 5.92 Å². The Kier molecular flexibility index (Phi) is 4.94. The Balaban J connectivity index is 1.78. The maximum atomic E-state index is 13.0. The zero-order valence-electron chi connectivity index (χ0n) is 14.0. The maximum absolute atomic E-state index is 13.0. The summed E-state index contributed by atoms with van der Waals surface area (Å²) < 4.78 is 13.0. The first-order valence-electron chi connectivity index (χ1n) is 8.63. The molecule has 24 heavy (non-hydrogen) atoms. The van der Waals surface area contributed by atoms with Gasteiger partial charge in [-0.1, -0.05) is 61.5 Å². The highest BCUT2D eigenvalue weighted by atomic mass is 19.1. The van der Waals surface area contributed by atoms with Crippen molar-refractivity contribution in [2.75, 3.05) is 0 Å². The second-order valence-electron chi connectivity index (χ2n) is 6.82. The second kappa shape index (κ2) is 7.12. The van der Waals surface area contributed by atoms with E-state index in [2.05, 4.69) is 25.1 Å². The third-order valence-electron chi connectivity index (χ3n) is 5.03. The Morgan fingerprint density at radius 2 is 1.83 bits per heavy atom. The van der Waals surface area contributed by atoms with Gasteiger partial charge in [-0.3, -0.25) is 4.79 Å². The Hall–Kier alpha value is -2.22. The summed E-state index contributed by atoms with van der Waals surface area (Å²) in [4.78, 5) is 12.7. The molecule has 2 atom stereocenters. The zero-order valence-corrected chi connectivity index (χ0v) is 14.0. The van der Waals surface area contributed by atoms with Gasteiger partial charge in [-0.2, -0.15) is 0 Å². The van der Waals surface area contributed by atoms with Crippen molar-refractivity contribution in [3.05, 3.63) is 77.6 Å². The van der Waals surface area contributed by atoms with Crippen molar-refractivity contribution >= 4 is 11.9 Å². The summed E-state index contributed by atoms with van der Waals surface area (Å²) in [6.07, 6.45) is 7.56. The van der Waals surface area contributed by atoms with Crippen LogP contribution in [0, 0.1) is 11.7 Å². The predicted molar refractivity (Wildman–Crippen MR) is 96.2 cm³/mol. The van der Waals surface area contributed by atoms with Gasteiger partial charge < -0.3 is 0 Å². The zero-order chi connectivity index (χ0) is 17.0. The molecule has 124 valence electrons. The van der Waals surface area contributed by atoms with E-state index in [1.54, 1.807) is 12.1 Å². The lowest BCUT2D eigenvalue weighted by atomic mass is 9.72. The van der Waals surface area contributed by atoms with Gasteiger partial charge in [0.25, 0.3) is 0 Å². The molecule has 2 aromatic carbocycles. The number of carbonyl (C=O) groups is 1. The summed E-state index contributed by atoms with van der Waals surface area (Å²) in [6.45, 7) is 2.15. The third kappa shape index (κ3) is 3.48. The number of allylic oxidation sites excluding steroid dienone is 1. The minimum Gasteiger partial charge on any atom is -0.299 e. The molecular weight excluding hydrogens is 299 g/mol. The molecule has 0 saturated heterocycles. The van der Waals surface area contributed by atoms with E-state index in [-0.39, 0.29) is 17.2 Å². The molecule has 0 amide bonds. The molecule has 3 rings (SSSR count). The van der Waals surface area contributed by atoms with E-state index in [0.717, 1.165) is 30.4 Å². The molecule has 2 heteroatoms. The van der Waals surface area contributed by atoms with Crippen LogP contribution >= 0.6 is 0 Å². The Bertz CT molecular complexity index is 717. The summed E-state index contributed by atoms with van der Waals surface area (Å²) in [6, 6.07) is 16.7. The fourth-order valence-corrected chi connectivity index (χ4v) is 3.79. The Labute approximate surface area is 143 Å². The standard InChI is InChI=1S/C22H23FO/c1-17(9-10-18-11-13-20(23)14-12-18)16-22(15-5-8-21(22)24)19-6-3-2-4-7-19/h2-4,6-7,9-14,17H,5,8,15-16H2,1H3/b10-9+/t17-,22+/m1/s1. The van der Waals surface area contributed by atoms with Crippen LogP contribution in [-0.4, -0.2) is 5.78 Å². The van der Waals surface area contributed by atoms with Crippen LogP contribution in [0.4, 0.5) is 4.39 Å². The topological polar surface area (TPSA) is 17.1 Å². The summed E-state index contributed by atoms with van der Waals surface area (Å²) >= 11 is 0. The van der Waals surface area contributed by atoms with Gasteiger partial charge in [0.2, 0.25) is 0 Å². The highest BCUT2D eigenvalue weighted by Gasteiger charge is 2.43. The van der Waals surface area contributed by atoms with Gasteiger partial charge >= 0.3 is 0 Å². The van der Waals surface area contributed by atoms with Crippen molar-refractivity contribution < 1.29 is 9.18 Å². The Morgan fingerprint density at radius 1 is 1.12 bits per heavy atom. The number of benzene rings is 2. The normalized spacial score (nSPS) is 22.2. The molecule has 1 aliphatic rings. The van der Waals surface area contributed by atoms with E-state index in [4.69, 9.17) is 0 Å². The molecular formula is C22H23FO. The molecule has 1 fully saturated rings. The summed E-state index contributed by atoms with van der Waals surface area (Å²) in [5.41, 5.74) is 1.79. The third-order valence-corrected chi connectivity index (χ3v) is 5.03. The van der Waals surface area contributed by atoms with Gasteiger partial charge in [0.05, 0.1) is 5.41 Å². The first-order chi connectivity index (χ1) is 11.6. The molecule has 1 nitrogen and oxygen atoms in total. The molecule has 0 unspecified atom stereocenters. The van der Waals surface area contributed by atoms with Crippen LogP contribution < -0.4 is 0 Å². The van der Waals surface area contributed by atoms with E-state index in [9.17, 15) is 9.18 Å². The fraction of sp³-hybridized carbons (Fsp3) is 0.318. The van der Waals surface area contributed by atoms with Gasteiger partial charge in [0.15, 0.2) is 0 Å². The van der Waals surface area contributed by atoms with E-state index in [0.29, 0.717) is 12.2 Å². The van der Waals surface area contributed by atoms with E-state index in [1.165, 1.54) is 12.1 Å². The van der Waals surface area contributed by atoms with Crippen molar-refractivity contribution in [3.8, 4) is 0 Å². The van der Waals surface area contributed by atoms with Crippen LogP contribution in [0.25, 0.3) is 6.08 Å². The first-order valence-corrected chi connectivity index (χ1v) is 8.63. The van der Waals surface area contributed by atoms with Crippen LogP contribution in [-0.2, 0) is 10.2 Å². The molecule has 0 aliphatic heterocycles. The molecule has 1 aliphatic carbocycles. The molecule has 0 spiro atoms. The van der Waals surface area contributed by atoms with Gasteiger partial charge in [-0.15, -0.1) is 0 Å². The average molecular weight is 322 g/mol. The molecule has 0 radical (unpaired) electrons. The van der Waals surface area contributed by atoms with Crippen LogP contribution in [0.15, 0.2) is 60.7 Å². The highest BCUT2D eigenvalue weighted by molar-refractivity contribution is 5.92. The van der Waals surface area contributed by atoms with Crippen LogP contribution in [0.5, 0.6) is 0 Å². The van der Waals surface area contributed by atoms with Crippen molar-refractivity contribution in [1.29, 1.82) is 0 Å². The summed E-state index contributed by atoms with van der Waals surface area (Å²) in [5, 5.41) is 0. The van der Waals surface area contributed by atoms with Gasteiger partial charge in [0, 0.05) is 6.42 Å². The van der Waals surface area contributed by atoms with E-state index in [1.807, 2.05) is 24.3 Å². The van der Waals surface area contributed by atoms with Gasteiger partial charge in [-0.05, 0) is 48.4 Å². The first kappa shape index (κ1) is 16.6. The fourth-order valence-electron chi connectivity index (χ4n) is 3.79. The Morgan fingerprint density at radius 3 is 2.46 bits per heavy atom. The summed E-state index contributed by atoms with van der Waals surface area (Å²) in [7, 11) is 0. The van der Waals surface area contributed by atoms with Crippen molar-refractivity contribution in [3.63, 3.8) is 0 Å². The van der Waals surface area contributed by atoms with E-state index >= 15 is 0 Å². The molecule has 1 saturated carbocycles. The predicted octanol–water partition coefficient (Wildman–Crippen LogP) is 5.56. The molecule has 2 aromatic rings. The molecule has 0 aromatic heterocycles. The molecule has 0 heterocycles. The van der Waals surface area contributed by atoms with Crippen LogP contribution in [0.2, 0.25) is 0 Å². The summed E-state index contributed by atoms with van der Waals surface area (Å²) in [5.74, 6) is 0.424. The lowest BCUT2D eigenvalue weighted by Gasteiger charge is -2.30. The number of hydrogen-bond donors (Lipinski definition) is 0. The maximum Gasteiger partial charge on any atom is 0.143 e. The number of halogens is 1. The number of Topliss-reactive ketones (excluding diaryl/α,β-unsaturated/α-hetero) is 1. The van der Waals surface area contributed by atoms with Crippen molar-refractivity contribution in [2.45, 2.75) is 38.0 Å². The SMILES string of the molecule is C[C@H](/C=C/c1ccc(F)cc1)C[C@]1(c2ccccc2)CCCC1=O. The lowest BCUT2D eigenvalue weighted by Crippen LogP contribution is -2.32. The number of hydrogen-bond acceptors (Lipinski definition) is 1. The van der Waals surface area contributed by atoms with Gasteiger partial charge in [-0.25, -0.2) is 4.39 Å². The average Bonchev–Trinajstić information content (AvgIpc) is 2.97. The van der Waals surface area contributed by atoms with Crippen molar-refractivity contribution in [1.82, 2.24) is 0 Å². The minimum atomic E-state index is -0.339.